The Bertz CT molecular complexity index is 675. The van der Waals surface area contributed by atoms with Crippen molar-refractivity contribution in [3.63, 3.8) is 0 Å². The quantitative estimate of drug-likeness (QED) is 0.924. The van der Waals surface area contributed by atoms with Crippen LogP contribution in [0.3, 0.4) is 0 Å². The van der Waals surface area contributed by atoms with Crippen LogP contribution in [0.2, 0.25) is 0 Å². The van der Waals surface area contributed by atoms with Crippen LogP contribution in [0.4, 0.5) is 14.5 Å². The average Bonchev–Trinajstić information content (AvgIpc) is 2.46. The normalized spacial score (nSPS) is 11.6. The highest BCUT2D eigenvalue weighted by Crippen LogP contribution is 2.31. The summed E-state index contributed by atoms with van der Waals surface area (Å²) in [5.41, 5.74) is 1.35. The number of nitrogens with zero attached hydrogens (tertiary/aromatic N) is 1. The van der Waals surface area contributed by atoms with E-state index in [4.69, 9.17) is 10.00 Å². The minimum absolute atomic E-state index is 0.390. The summed E-state index contributed by atoms with van der Waals surface area (Å²) in [5.74, 6) is -0.781. The maximum atomic E-state index is 13.3. The summed E-state index contributed by atoms with van der Waals surface area (Å²) >= 11 is 0. The highest BCUT2D eigenvalue weighted by Gasteiger charge is 2.14. The molecule has 0 saturated carbocycles. The molecule has 0 fully saturated rings. The molecule has 5 heteroatoms. The zero-order valence-electron chi connectivity index (χ0n) is 11.7. The molecule has 0 radical (unpaired) electrons. The number of ether oxygens (including phenoxy) is 1. The largest absolute Gasteiger partial charge is 0.495 e. The van der Waals surface area contributed by atoms with Crippen LogP contribution in [0.5, 0.6) is 5.75 Å². The molecule has 0 aliphatic heterocycles. The first-order chi connectivity index (χ1) is 10.0. The van der Waals surface area contributed by atoms with Crippen LogP contribution in [-0.4, -0.2) is 7.11 Å². The van der Waals surface area contributed by atoms with Gasteiger partial charge in [0.2, 0.25) is 0 Å². The Hall–Kier alpha value is -2.61. The molecule has 0 aromatic heterocycles. The predicted molar refractivity (Wildman–Crippen MR) is 76.1 cm³/mol. The molecule has 0 aliphatic rings. The van der Waals surface area contributed by atoms with Gasteiger partial charge in [-0.05, 0) is 36.8 Å². The summed E-state index contributed by atoms with van der Waals surface area (Å²) < 4.78 is 31.8. The van der Waals surface area contributed by atoms with E-state index >= 15 is 0 Å². The standard InChI is InChI=1S/C16H14F2N2O/c1-10(12-6-13(17)8-14(18)7-12)20-16-11(9-19)4-3-5-15(16)21-2/h3-8,10,20H,1-2H3. The number of anilines is 1. The monoisotopic (exact) mass is 288 g/mol. The van der Waals surface area contributed by atoms with Crippen molar-refractivity contribution in [2.45, 2.75) is 13.0 Å². The molecule has 0 saturated heterocycles. The molecule has 0 amide bonds. The van der Waals surface area contributed by atoms with Gasteiger partial charge in [-0.25, -0.2) is 8.78 Å². The van der Waals surface area contributed by atoms with Crippen molar-refractivity contribution >= 4 is 5.69 Å². The Balaban J connectivity index is 2.35. The third-order valence-electron chi connectivity index (χ3n) is 3.11. The van der Waals surface area contributed by atoms with Crippen LogP contribution >= 0.6 is 0 Å². The second kappa shape index (κ2) is 6.23. The number of nitrogens with one attached hydrogen (secondary N) is 1. The maximum absolute atomic E-state index is 13.3. The first-order valence-corrected chi connectivity index (χ1v) is 6.34. The fourth-order valence-corrected chi connectivity index (χ4v) is 2.07. The second-order valence-corrected chi connectivity index (χ2v) is 4.56. The molecule has 2 rings (SSSR count). The van der Waals surface area contributed by atoms with Crippen LogP contribution in [0.15, 0.2) is 36.4 Å². The van der Waals surface area contributed by atoms with Gasteiger partial charge in [-0.3, -0.25) is 0 Å². The molecular weight excluding hydrogens is 274 g/mol. The lowest BCUT2D eigenvalue weighted by Crippen LogP contribution is -2.09. The number of rotatable bonds is 4. The second-order valence-electron chi connectivity index (χ2n) is 4.56. The lowest BCUT2D eigenvalue weighted by atomic mass is 10.1. The summed E-state index contributed by atoms with van der Waals surface area (Å²) in [6, 6.07) is 10.0. The van der Waals surface area contributed by atoms with E-state index in [1.807, 2.05) is 0 Å². The molecule has 108 valence electrons. The zero-order chi connectivity index (χ0) is 15.4. The van der Waals surface area contributed by atoms with Crippen LogP contribution < -0.4 is 10.1 Å². The predicted octanol–water partition coefficient (Wildman–Crippen LogP) is 4.02. The fourth-order valence-electron chi connectivity index (χ4n) is 2.07. The highest BCUT2D eigenvalue weighted by molar-refractivity contribution is 5.67. The van der Waals surface area contributed by atoms with Crippen molar-refractivity contribution in [2.24, 2.45) is 0 Å². The van der Waals surface area contributed by atoms with Crippen LogP contribution in [0, 0.1) is 23.0 Å². The smallest absolute Gasteiger partial charge is 0.143 e. The molecule has 2 aromatic rings. The van der Waals surface area contributed by atoms with Gasteiger partial charge in [0.1, 0.15) is 23.5 Å². The van der Waals surface area contributed by atoms with Gasteiger partial charge in [0.25, 0.3) is 0 Å². The van der Waals surface area contributed by atoms with E-state index in [9.17, 15) is 8.78 Å². The number of nitriles is 1. The van der Waals surface area contributed by atoms with E-state index in [-0.39, 0.29) is 0 Å². The summed E-state index contributed by atoms with van der Waals surface area (Å²) in [6.07, 6.45) is 0. The van der Waals surface area contributed by atoms with E-state index in [1.54, 1.807) is 25.1 Å². The third-order valence-corrected chi connectivity index (χ3v) is 3.11. The minimum atomic E-state index is -0.640. The fraction of sp³-hybridized carbons (Fsp3) is 0.188. The molecule has 1 unspecified atom stereocenters. The molecule has 2 aromatic carbocycles. The molecule has 21 heavy (non-hydrogen) atoms. The van der Waals surface area contributed by atoms with Gasteiger partial charge < -0.3 is 10.1 Å². The number of hydrogen-bond donors (Lipinski definition) is 1. The van der Waals surface area contributed by atoms with E-state index in [0.717, 1.165) is 6.07 Å². The van der Waals surface area contributed by atoms with Gasteiger partial charge >= 0.3 is 0 Å². The van der Waals surface area contributed by atoms with Crippen molar-refractivity contribution in [2.75, 3.05) is 12.4 Å². The Morgan fingerprint density at radius 3 is 2.43 bits per heavy atom. The minimum Gasteiger partial charge on any atom is -0.495 e. The Labute approximate surface area is 121 Å². The van der Waals surface area contributed by atoms with Crippen LogP contribution in [0.1, 0.15) is 24.1 Å². The first kappa shape index (κ1) is 14.8. The Kier molecular flexibility index (Phi) is 4.39. The van der Waals surface area contributed by atoms with Gasteiger partial charge in [-0.15, -0.1) is 0 Å². The summed E-state index contributed by atoms with van der Waals surface area (Å²) in [6.45, 7) is 1.75. The van der Waals surface area contributed by atoms with E-state index in [2.05, 4.69) is 11.4 Å². The molecule has 1 atom stereocenters. The van der Waals surface area contributed by atoms with Crippen molar-refractivity contribution in [1.29, 1.82) is 5.26 Å². The van der Waals surface area contributed by atoms with E-state index < -0.39 is 17.7 Å². The van der Waals surface area contributed by atoms with Crippen LogP contribution in [-0.2, 0) is 0 Å². The van der Waals surface area contributed by atoms with Gasteiger partial charge in [0, 0.05) is 12.1 Å². The molecule has 1 N–H and O–H groups in total. The topological polar surface area (TPSA) is 45.0 Å². The van der Waals surface area contributed by atoms with Crippen molar-refractivity contribution in [1.82, 2.24) is 0 Å². The number of para-hydroxylation sites is 1. The van der Waals surface area contributed by atoms with Crippen molar-refractivity contribution in [3.8, 4) is 11.8 Å². The van der Waals surface area contributed by atoms with Gasteiger partial charge in [-0.2, -0.15) is 5.26 Å². The summed E-state index contributed by atoms with van der Waals surface area (Å²) in [7, 11) is 1.49. The first-order valence-electron chi connectivity index (χ1n) is 6.34. The van der Waals surface area contributed by atoms with Gasteiger partial charge in [0.15, 0.2) is 0 Å². The number of benzene rings is 2. The lowest BCUT2D eigenvalue weighted by molar-refractivity contribution is 0.416. The molecule has 0 bridgehead atoms. The molecule has 0 heterocycles. The van der Waals surface area contributed by atoms with Crippen molar-refractivity contribution in [3.05, 3.63) is 59.2 Å². The van der Waals surface area contributed by atoms with Crippen molar-refractivity contribution < 1.29 is 13.5 Å². The lowest BCUT2D eigenvalue weighted by Gasteiger charge is -2.19. The molecule has 3 nitrogen and oxygen atoms in total. The van der Waals surface area contributed by atoms with E-state index in [1.165, 1.54) is 19.2 Å². The van der Waals surface area contributed by atoms with Gasteiger partial charge in [0.05, 0.1) is 18.4 Å². The Morgan fingerprint density at radius 1 is 1.19 bits per heavy atom. The maximum Gasteiger partial charge on any atom is 0.143 e. The van der Waals surface area contributed by atoms with Gasteiger partial charge in [-0.1, -0.05) is 6.07 Å². The zero-order valence-corrected chi connectivity index (χ0v) is 11.7. The SMILES string of the molecule is COc1cccc(C#N)c1NC(C)c1cc(F)cc(F)c1. The highest BCUT2D eigenvalue weighted by atomic mass is 19.1. The average molecular weight is 288 g/mol. The number of methoxy groups -OCH3 is 1. The van der Waals surface area contributed by atoms with E-state index in [0.29, 0.717) is 22.6 Å². The summed E-state index contributed by atoms with van der Waals surface area (Å²) in [4.78, 5) is 0. The molecular formula is C16H14F2N2O. The third kappa shape index (κ3) is 3.29. The number of halogens is 2. The number of hydrogen-bond acceptors (Lipinski definition) is 3. The molecule has 0 spiro atoms. The summed E-state index contributed by atoms with van der Waals surface area (Å²) in [5, 5.41) is 12.2. The van der Waals surface area contributed by atoms with Crippen LogP contribution in [0.25, 0.3) is 0 Å². The Morgan fingerprint density at radius 2 is 1.86 bits per heavy atom. The molecule has 0 aliphatic carbocycles.